The smallest absolute Gasteiger partial charge is 0.220 e. The maximum Gasteiger partial charge on any atom is 0.220 e. The lowest BCUT2D eigenvalue weighted by atomic mass is 9.93. The van der Waals surface area contributed by atoms with E-state index in [9.17, 15) is 9.18 Å². The Hall–Kier alpha value is -1.75. The number of rotatable bonds is 6. The molecule has 1 aromatic heterocycles. The van der Waals surface area contributed by atoms with Crippen LogP contribution < -0.4 is 5.32 Å². The van der Waals surface area contributed by atoms with Gasteiger partial charge in [-0.15, -0.1) is 11.3 Å². The molecule has 0 bridgehead atoms. The minimum Gasteiger partial charge on any atom is -0.356 e. The maximum atomic E-state index is 13.5. The second-order valence-electron chi connectivity index (χ2n) is 6.57. The summed E-state index contributed by atoms with van der Waals surface area (Å²) >= 11 is 1.60. The van der Waals surface area contributed by atoms with Gasteiger partial charge in [-0.1, -0.05) is 39.0 Å². The van der Waals surface area contributed by atoms with Crippen molar-refractivity contribution >= 4 is 17.2 Å². The molecule has 0 aliphatic carbocycles. The zero-order chi connectivity index (χ0) is 16.9. The Bertz CT molecular complexity index is 661. The SMILES string of the molecule is CC(C)(C)c1csc(CCC(=O)NCCc2ccccc2F)n1. The molecule has 23 heavy (non-hydrogen) atoms. The lowest BCUT2D eigenvalue weighted by molar-refractivity contribution is -0.121. The van der Waals surface area contributed by atoms with Crippen LogP contribution in [0, 0.1) is 5.82 Å². The Kier molecular flexibility index (Phi) is 5.88. The first-order chi connectivity index (χ1) is 10.9. The van der Waals surface area contributed by atoms with Gasteiger partial charge in [0.1, 0.15) is 5.82 Å². The Labute approximate surface area is 141 Å². The fourth-order valence-electron chi connectivity index (χ4n) is 2.12. The lowest BCUT2D eigenvalue weighted by Crippen LogP contribution is -2.26. The number of halogens is 1. The minimum atomic E-state index is -0.223. The van der Waals surface area contributed by atoms with Crippen molar-refractivity contribution in [1.82, 2.24) is 10.3 Å². The van der Waals surface area contributed by atoms with Crippen LogP contribution in [0.15, 0.2) is 29.6 Å². The third kappa shape index (κ3) is 5.43. The summed E-state index contributed by atoms with van der Waals surface area (Å²) in [5, 5.41) is 5.88. The second-order valence-corrected chi connectivity index (χ2v) is 7.51. The molecule has 0 saturated heterocycles. The normalized spacial score (nSPS) is 11.5. The summed E-state index contributed by atoms with van der Waals surface area (Å²) in [5.41, 5.74) is 1.73. The van der Waals surface area contributed by atoms with E-state index in [1.54, 1.807) is 29.5 Å². The van der Waals surface area contributed by atoms with Crippen LogP contribution in [0.5, 0.6) is 0 Å². The average Bonchev–Trinajstić information content (AvgIpc) is 2.96. The van der Waals surface area contributed by atoms with Crippen LogP contribution in [0.4, 0.5) is 4.39 Å². The lowest BCUT2D eigenvalue weighted by Gasteiger charge is -2.14. The van der Waals surface area contributed by atoms with Crippen LogP contribution in [0.1, 0.15) is 43.5 Å². The molecule has 0 spiro atoms. The molecule has 0 atom stereocenters. The average molecular weight is 334 g/mol. The number of carbonyl (C=O) groups is 1. The van der Waals surface area contributed by atoms with E-state index in [1.807, 2.05) is 0 Å². The molecule has 1 amide bonds. The summed E-state index contributed by atoms with van der Waals surface area (Å²) in [6, 6.07) is 6.64. The standard InChI is InChI=1S/C18H23FN2OS/c1-18(2,3)15-12-23-17(21-15)9-8-16(22)20-11-10-13-6-4-5-7-14(13)19/h4-7,12H,8-11H2,1-3H3,(H,20,22). The molecule has 0 fully saturated rings. The van der Waals surface area contributed by atoms with E-state index in [4.69, 9.17) is 0 Å². The summed E-state index contributed by atoms with van der Waals surface area (Å²) < 4.78 is 13.5. The number of thiazole rings is 1. The van der Waals surface area contributed by atoms with Crippen LogP contribution in [-0.2, 0) is 23.1 Å². The van der Waals surface area contributed by atoms with Gasteiger partial charge in [-0.25, -0.2) is 9.37 Å². The summed E-state index contributed by atoms with van der Waals surface area (Å²) in [7, 11) is 0. The molecule has 3 nitrogen and oxygen atoms in total. The maximum absolute atomic E-state index is 13.5. The molecule has 1 heterocycles. The Morgan fingerprint density at radius 3 is 2.65 bits per heavy atom. The molecular weight excluding hydrogens is 311 g/mol. The topological polar surface area (TPSA) is 42.0 Å². The Balaban J connectivity index is 1.73. The van der Waals surface area contributed by atoms with Crippen molar-refractivity contribution in [1.29, 1.82) is 0 Å². The van der Waals surface area contributed by atoms with Gasteiger partial charge in [0.05, 0.1) is 10.7 Å². The van der Waals surface area contributed by atoms with Crippen LogP contribution in [0.25, 0.3) is 0 Å². The van der Waals surface area contributed by atoms with Gasteiger partial charge in [0.2, 0.25) is 5.91 Å². The van der Waals surface area contributed by atoms with Crippen LogP contribution in [0.2, 0.25) is 0 Å². The molecule has 2 rings (SSSR count). The number of amides is 1. The number of benzene rings is 1. The number of hydrogen-bond donors (Lipinski definition) is 1. The van der Waals surface area contributed by atoms with Crippen molar-refractivity contribution < 1.29 is 9.18 Å². The number of hydrogen-bond acceptors (Lipinski definition) is 3. The number of aromatic nitrogens is 1. The molecule has 124 valence electrons. The van der Waals surface area contributed by atoms with E-state index in [0.29, 0.717) is 31.4 Å². The summed E-state index contributed by atoms with van der Waals surface area (Å²) in [5.74, 6) is -0.243. The molecule has 0 saturated carbocycles. The largest absolute Gasteiger partial charge is 0.356 e. The zero-order valence-electron chi connectivity index (χ0n) is 13.9. The van der Waals surface area contributed by atoms with E-state index in [-0.39, 0.29) is 17.1 Å². The van der Waals surface area contributed by atoms with E-state index in [0.717, 1.165) is 10.7 Å². The van der Waals surface area contributed by atoms with E-state index < -0.39 is 0 Å². The van der Waals surface area contributed by atoms with Gasteiger partial charge < -0.3 is 5.32 Å². The van der Waals surface area contributed by atoms with Crippen LogP contribution in [-0.4, -0.2) is 17.4 Å². The fraction of sp³-hybridized carbons (Fsp3) is 0.444. The quantitative estimate of drug-likeness (QED) is 0.871. The predicted octanol–water partition coefficient (Wildman–Crippen LogP) is 3.87. The van der Waals surface area contributed by atoms with E-state index in [1.165, 1.54) is 6.07 Å². The van der Waals surface area contributed by atoms with Gasteiger partial charge in [-0.05, 0) is 18.1 Å². The molecule has 5 heteroatoms. The third-order valence-electron chi connectivity index (χ3n) is 3.56. The second kappa shape index (κ2) is 7.68. The highest BCUT2D eigenvalue weighted by molar-refractivity contribution is 7.09. The van der Waals surface area contributed by atoms with Gasteiger partial charge >= 0.3 is 0 Å². The highest BCUT2D eigenvalue weighted by Crippen LogP contribution is 2.24. The molecule has 2 aromatic rings. The highest BCUT2D eigenvalue weighted by Gasteiger charge is 2.17. The molecule has 1 N–H and O–H groups in total. The first-order valence-corrected chi connectivity index (χ1v) is 8.69. The first-order valence-electron chi connectivity index (χ1n) is 7.81. The van der Waals surface area contributed by atoms with Gasteiger partial charge in [0, 0.05) is 30.2 Å². The van der Waals surface area contributed by atoms with Gasteiger partial charge in [0.15, 0.2) is 0 Å². The molecule has 0 aliphatic heterocycles. The Morgan fingerprint density at radius 1 is 1.26 bits per heavy atom. The van der Waals surface area contributed by atoms with Crippen molar-refractivity contribution in [3.05, 3.63) is 51.7 Å². The van der Waals surface area contributed by atoms with Gasteiger partial charge in [-0.2, -0.15) is 0 Å². The summed E-state index contributed by atoms with van der Waals surface area (Å²) in [4.78, 5) is 16.4. The highest BCUT2D eigenvalue weighted by atomic mass is 32.1. The fourth-order valence-corrected chi connectivity index (χ4v) is 3.14. The summed E-state index contributed by atoms with van der Waals surface area (Å²) in [6.07, 6.45) is 1.56. The number of nitrogens with one attached hydrogen (secondary N) is 1. The monoisotopic (exact) mass is 334 g/mol. The van der Waals surface area contributed by atoms with Crippen molar-refractivity contribution in [2.24, 2.45) is 0 Å². The number of nitrogens with zero attached hydrogens (tertiary/aromatic N) is 1. The minimum absolute atomic E-state index is 0.0196. The number of aryl methyl sites for hydroxylation is 1. The van der Waals surface area contributed by atoms with Crippen molar-refractivity contribution in [3.8, 4) is 0 Å². The molecule has 0 radical (unpaired) electrons. The molecular formula is C18H23FN2OS. The van der Waals surface area contributed by atoms with E-state index >= 15 is 0 Å². The van der Waals surface area contributed by atoms with Crippen LogP contribution >= 0.6 is 11.3 Å². The molecule has 0 unspecified atom stereocenters. The zero-order valence-corrected chi connectivity index (χ0v) is 14.7. The molecule has 1 aromatic carbocycles. The predicted molar refractivity (Wildman–Crippen MR) is 92.2 cm³/mol. The first kappa shape index (κ1) is 17.6. The van der Waals surface area contributed by atoms with Crippen molar-refractivity contribution in [2.45, 2.75) is 45.4 Å². The van der Waals surface area contributed by atoms with Gasteiger partial charge in [-0.3, -0.25) is 4.79 Å². The third-order valence-corrected chi connectivity index (χ3v) is 4.47. The molecule has 0 aliphatic rings. The Morgan fingerprint density at radius 2 is 2.00 bits per heavy atom. The summed E-state index contributed by atoms with van der Waals surface area (Å²) in [6.45, 7) is 6.83. The van der Waals surface area contributed by atoms with Gasteiger partial charge in [0.25, 0.3) is 0 Å². The van der Waals surface area contributed by atoms with E-state index in [2.05, 4.69) is 36.5 Å². The van der Waals surface area contributed by atoms with Crippen molar-refractivity contribution in [2.75, 3.05) is 6.54 Å². The van der Waals surface area contributed by atoms with Crippen molar-refractivity contribution in [3.63, 3.8) is 0 Å². The number of carbonyl (C=O) groups excluding carboxylic acids is 1. The van der Waals surface area contributed by atoms with Crippen LogP contribution in [0.3, 0.4) is 0 Å².